The monoisotopic (exact) mass is 623 g/mol. The highest BCUT2D eigenvalue weighted by Crippen LogP contribution is 2.32. The Morgan fingerprint density at radius 1 is 1.21 bits per heavy atom. The van der Waals surface area contributed by atoms with Crippen molar-refractivity contribution in [2.75, 3.05) is 0 Å². The number of fused-ring (bicyclic) bond motifs is 2. The first-order valence-corrected chi connectivity index (χ1v) is 8.20. The van der Waals surface area contributed by atoms with Crippen LogP contribution in [-0.4, -0.2) is 10.7 Å². The smallest absolute Gasteiger partial charge is 0.341 e. The van der Waals surface area contributed by atoms with Gasteiger partial charge in [-0.2, -0.15) is 0 Å². The zero-order valence-electron chi connectivity index (χ0n) is 9.25. The average Bonchev–Trinajstić information content (AvgIpc) is 2.26. The van der Waals surface area contributed by atoms with Gasteiger partial charge >= 0.3 is 5.82 Å². The Labute approximate surface area is 161 Å². The largest absolute Gasteiger partial charge is 1.00 e. The summed E-state index contributed by atoms with van der Waals surface area (Å²) in [4.78, 5) is 6.76. The minimum Gasteiger partial charge on any atom is -1.00 e. The first-order valence-electron chi connectivity index (χ1n) is 5.03. The first-order chi connectivity index (χ1) is 8.54. The summed E-state index contributed by atoms with van der Waals surface area (Å²) in [5.41, 5.74) is 0. The number of rotatable bonds is 0. The van der Waals surface area contributed by atoms with Gasteiger partial charge in [-0.25, -0.2) is 4.57 Å². The topological polar surface area (TPSA) is 19.5 Å². The third-order valence-corrected chi connectivity index (χ3v) is 4.61. The fourth-order valence-electron chi connectivity index (χ4n) is 1.86. The summed E-state index contributed by atoms with van der Waals surface area (Å²) >= 11 is 14.1. The molecule has 0 N–H and O–H groups in total. The molecule has 3 heterocycles. The lowest BCUT2D eigenvalue weighted by Crippen LogP contribution is -3.00. The number of aromatic nitrogens is 1. The molecule has 2 aliphatic heterocycles. The van der Waals surface area contributed by atoms with Crippen LogP contribution in [0, 0.1) is 0 Å². The van der Waals surface area contributed by atoms with Crippen LogP contribution in [0.2, 0.25) is 0 Å². The number of hydrogen-bond donors (Lipinski definition) is 0. The van der Waals surface area contributed by atoms with E-state index in [1.165, 1.54) is 0 Å². The van der Waals surface area contributed by atoms with Gasteiger partial charge in [0.1, 0.15) is 10.7 Å². The lowest BCUT2D eigenvalue weighted by Gasteiger charge is -2.24. The van der Waals surface area contributed by atoms with E-state index in [0.29, 0.717) is 0 Å². The maximum absolute atomic E-state index is 4.68. The number of nitrogens with zero attached hydrogens (tertiary/aromatic N) is 3. The fraction of sp³-hybridized carbons (Fsp3) is 0.0909. The summed E-state index contributed by atoms with van der Waals surface area (Å²) in [6.07, 6.45) is 6.04. The number of halogens is 5. The van der Waals surface area contributed by atoms with Crippen molar-refractivity contribution >= 4 is 75.4 Å². The lowest BCUT2D eigenvalue weighted by atomic mass is 10.3. The Morgan fingerprint density at radius 2 is 1.95 bits per heavy atom. The summed E-state index contributed by atoms with van der Waals surface area (Å²) in [5.74, 6) is 1.84. The molecule has 3 rings (SSSR count). The van der Waals surface area contributed by atoms with Gasteiger partial charge in [0.2, 0.25) is 0 Å². The van der Waals surface area contributed by atoms with Crippen molar-refractivity contribution in [1.82, 2.24) is 4.90 Å². The standard InChI is InChI=1S/C11H6Br4N3.HI/c12-6-1-8(14)10-16-11-9(15)2-7(13)4-18(11)5-17(10)3-6;/h1-4H,5H2;1H/q+1;/p-1. The highest BCUT2D eigenvalue weighted by Gasteiger charge is 2.32. The van der Waals surface area contributed by atoms with Crippen LogP contribution in [0.4, 0.5) is 5.82 Å². The van der Waals surface area contributed by atoms with E-state index in [0.717, 1.165) is 36.2 Å². The molecule has 0 saturated heterocycles. The van der Waals surface area contributed by atoms with Crippen molar-refractivity contribution in [3.63, 3.8) is 0 Å². The molecule has 2 aliphatic rings. The van der Waals surface area contributed by atoms with Crippen LogP contribution in [0.3, 0.4) is 0 Å². The van der Waals surface area contributed by atoms with Crippen LogP contribution in [0.1, 0.15) is 0 Å². The Bertz CT molecular complexity index is 639. The molecule has 0 amide bonds. The maximum Gasteiger partial charge on any atom is 0.341 e. The van der Waals surface area contributed by atoms with Crippen molar-refractivity contribution in [2.45, 2.75) is 6.67 Å². The lowest BCUT2D eigenvalue weighted by molar-refractivity contribution is -0.701. The molecule has 0 bridgehead atoms. The summed E-state index contributed by atoms with van der Waals surface area (Å²) < 4.78 is 6.06. The van der Waals surface area contributed by atoms with Crippen LogP contribution in [-0.2, 0) is 6.67 Å². The van der Waals surface area contributed by atoms with Crippen LogP contribution < -0.4 is 28.5 Å². The zero-order chi connectivity index (χ0) is 12.9. The minimum atomic E-state index is 0. The Hall–Kier alpha value is 0.750. The van der Waals surface area contributed by atoms with Gasteiger partial charge in [0, 0.05) is 10.7 Å². The van der Waals surface area contributed by atoms with Gasteiger partial charge in [0.15, 0.2) is 6.67 Å². The molecule has 0 radical (unpaired) electrons. The molecule has 0 aliphatic carbocycles. The first kappa shape index (κ1) is 16.1. The molecular weight excluding hydrogens is 621 g/mol. The van der Waals surface area contributed by atoms with Gasteiger partial charge in [-0.1, -0.05) is 0 Å². The third kappa shape index (κ3) is 3.17. The van der Waals surface area contributed by atoms with Gasteiger partial charge in [-0.05, 0) is 80.9 Å². The third-order valence-electron chi connectivity index (χ3n) is 2.58. The van der Waals surface area contributed by atoms with Gasteiger partial charge in [0.05, 0.1) is 8.96 Å². The van der Waals surface area contributed by atoms with Crippen molar-refractivity contribution in [3.8, 4) is 0 Å². The van der Waals surface area contributed by atoms with E-state index >= 15 is 0 Å². The number of hydrogen-bond acceptors (Lipinski definition) is 2. The van der Waals surface area contributed by atoms with E-state index in [9.17, 15) is 0 Å². The van der Waals surface area contributed by atoms with Gasteiger partial charge in [0.25, 0.3) is 5.84 Å². The van der Waals surface area contributed by atoms with E-state index in [-0.39, 0.29) is 24.0 Å². The highest BCUT2D eigenvalue weighted by molar-refractivity contribution is 9.12. The molecule has 0 atom stereocenters. The molecular formula is C11H6Br4IN3. The maximum atomic E-state index is 4.68. The zero-order valence-corrected chi connectivity index (χ0v) is 17.7. The van der Waals surface area contributed by atoms with Gasteiger partial charge < -0.3 is 24.0 Å². The predicted molar refractivity (Wildman–Crippen MR) is 85.0 cm³/mol. The van der Waals surface area contributed by atoms with Crippen LogP contribution >= 0.6 is 63.7 Å². The van der Waals surface area contributed by atoms with E-state index in [1.807, 2.05) is 24.5 Å². The van der Waals surface area contributed by atoms with E-state index in [4.69, 9.17) is 0 Å². The quantitative estimate of drug-likeness (QED) is 0.315. The van der Waals surface area contributed by atoms with E-state index < -0.39 is 0 Å². The number of amidine groups is 1. The van der Waals surface area contributed by atoms with Crippen LogP contribution in [0.15, 0.2) is 47.4 Å². The molecule has 1 aromatic rings. The minimum absolute atomic E-state index is 0. The summed E-state index contributed by atoms with van der Waals surface area (Å²) in [6.45, 7) is 0.726. The highest BCUT2D eigenvalue weighted by atomic mass is 127. The molecule has 100 valence electrons. The molecule has 0 saturated carbocycles. The number of allylic oxidation sites excluding steroid dienone is 2. The number of pyridine rings is 1. The average molecular weight is 627 g/mol. The van der Waals surface area contributed by atoms with Crippen molar-refractivity contribution < 1.29 is 28.5 Å². The second-order valence-corrected chi connectivity index (χ2v) is 7.39. The van der Waals surface area contributed by atoms with Crippen molar-refractivity contribution in [1.29, 1.82) is 0 Å². The predicted octanol–water partition coefficient (Wildman–Crippen LogP) is 1.33. The van der Waals surface area contributed by atoms with E-state index in [1.54, 1.807) is 0 Å². The van der Waals surface area contributed by atoms with Crippen LogP contribution in [0.25, 0.3) is 0 Å². The molecule has 8 heteroatoms. The van der Waals surface area contributed by atoms with Gasteiger partial charge in [-0.15, -0.1) is 0 Å². The Kier molecular flexibility index (Phi) is 5.30. The molecule has 3 nitrogen and oxygen atoms in total. The molecule has 0 aromatic carbocycles. The molecule has 19 heavy (non-hydrogen) atoms. The van der Waals surface area contributed by atoms with Crippen molar-refractivity contribution in [3.05, 3.63) is 42.4 Å². The summed E-state index contributed by atoms with van der Waals surface area (Å²) in [6, 6.07) is 2.00. The summed E-state index contributed by atoms with van der Waals surface area (Å²) in [5, 5.41) is 0. The van der Waals surface area contributed by atoms with E-state index in [2.05, 4.69) is 78.2 Å². The second-order valence-electron chi connectivity index (χ2n) is 3.85. The van der Waals surface area contributed by atoms with Gasteiger partial charge in [-0.3, -0.25) is 4.90 Å². The normalized spacial score (nSPS) is 16.6. The number of aliphatic imine (C=N–C) groups is 1. The molecule has 0 spiro atoms. The van der Waals surface area contributed by atoms with Crippen LogP contribution in [0.5, 0.6) is 0 Å². The molecule has 1 aromatic heterocycles. The Balaban J connectivity index is 0.00000133. The van der Waals surface area contributed by atoms with Crippen molar-refractivity contribution in [2.24, 2.45) is 4.99 Å². The molecule has 0 fully saturated rings. The Morgan fingerprint density at radius 3 is 2.68 bits per heavy atom. The SMILES string of the molecule is BrC1=CN2C[n+]3cc(Br)cc(Br)c3N=C2C(Br)=C1.[I-]. The summed E-state index contributed by atoms with van der Waals surface area (Å²) in [7, 11) is 0. The second kappa shape index (κ2) is 6.25. The fourth-order valence-corrected chi connectivity index (χ4v) is 4.55. The molecule has 0 unspecified atom stereocenters.